The molecular weight excluding hydrogens is 413 g/mol. The van der Waals surface area contributed by atoms with Crippen molar-refractivity contribution in [2.45, 2.75) is 19.3 Å². The molecule has 3 N–H and O–H groups in total. The Balaban J connectivity index is 1.75. The van der Waals surface area contributed by atoms with Gasteiger partial charge in [-0.05, 0) is 31.2 Å². The Bertz CT molecular complexity index is 794. The summed E-state index contributed by atoms with van der Waals surface area (Å²) >= 11 is 11.7. The Morgan fingerprint density at radius 3 is 2.56 bits per heavy atom. The van der Waals surface area contributed by atoms with Crippen molar-refractivity contribution in [3.05, 3.63) is 34.2 Å². The van der Waals surface area contributed by atoms with Crippen LogP contribution in [0.3, 0.4) is 0 Å². The maximum atomic E-state index is 12.3. The summed E-state index contributed by atoms with van der Waals surface area (Å²) in [6, 6.07) is 2.80. The van der Waals surface area contributed by atoms with Gasteiger partial charge in [0.05, 0.1) is 22.3 Å². The highest BCUT2D eigenvalue weighted by atomic mass is 35.5. The van der Waals surface area contributed by atoms with Gasteiger partial charge >= 0.3 is 0 Å². The molecule has 1 heterocycles. The number of nitrogens with one attached hydrogen (secondary N) is 2. The molecule has 0 unspecified atom stereocenters. The van der Waals surface area contributed by atoms with Crippen LogP contribution in [0.2, 0.25) is 10.0 Å². The van der Waals surface area contributed by atoms with E-state index in [4.69, 9.17) is 23.2 Å². The minimum atomic E-state index is -3.38. The van der Waals surface area contributed by atoms with Crippen molar-refractivity contribution in [3.8, 4) is 5.75 Å². The molecule has 1 amide bonds. The van der Waals surface area contributed by atoms with E-state index in [1.807, 2.05) is 0 Å². The lowest BCUT2D eigenvalue weighted by Gasteiger charge is -2.32. The third-order valence-electron chi connectivity index (χ3n) is 4.51. The summed E-state index contributed by atoms with van der Waals surface area (Å²) in [5.41, 5.74) is 0.349. The van der Waals surface area contributed by atoms with Crippen LogP contribution in [0.15, 0.2) is 24.1 Å². The van der Waals surface area contributed by atoms with E-state index in [-0.39, 0.29) is 28.2 Å². The molecule has 7 nitrogen and oxygen atoms in total. The standard InChI is InChI=1S/C17H23Cl2N3O4S/c1-2-27(25,26)21-6-3-12-4-7-22(8-5-12)17(24)11-20-15-9-13(18)14(19)10-16(15)23/h2,9-10,12,20-21,23H,1,3-8,11H2. The maximum Gasteiger partial charge on any atom is 0.241 e. The second kappa shape index (κ2) is 9.64. The van der Waals surface area contributed by atoms with Crippen LogP contribution in [0.4, 0.5) is 5.69 Å². The van der Waals surface area contributed by atoms with Crippen LogP contribution in [0.1, 0.15) is 19.3 Å². The van der Waals surface area contributed by atoms with Crippen LogP contribution in [-0.2, 0) is 14.8 Å². The van der Waals surface area contributed by atoms with Gasteiger partial charge in [-0.3, -0.25) is 4.79 Å². The number of amides is 1. The molecule has 0 radical (unpaired) electrons. The van der Waals surface area contributed by atoms with E-state index >= 15 is 0 Å². The Morgan fingerprint density at radius 2 is 1.93 bits per heavy atom. The Morgan fingerprint density at radius 1 is 1.30 bits per heavy atom. The lowest BCUT2D eigenvalue weighted by atomic mass is 9.93. The fourth-order valence-electron chi connectivity index (χ4n) is 2.90. The number of piperidine rings is 1. The highest BCUT2D eigenvalue weighted by molar-refractivity contribution is 7.92. The first-order valence-electron chi connectivity index (χ1n) is 8.53. The van der Waals surface area contributed by atoms with E-state index < -0.39 is 10.0 Å². The molecule has 10 heteroatoms. The van der Waals surface area contributed by atoms with Crippen molar-refractivity contribution in [1.82, 2.24) is 9.62 Å². The number of phenolic OH excluding ortho intramolecular Hbond substituents is 1. The smallest absolute Gasteiger partial charge is 0.241 e. The molecule has 0 aromatic heterocycles. The monoisotopic (exact) mass is 435 g/mol. The highest BCUT2D eigenvalue weighted by Gasteiger charge is 2.23. The lowest BCUT2D eigenvalue weighted by molar-refractivity contribution is -0.130. The minimum absolute atomic E-state index is 0.0370. The average molecular weight is 436 g/mol. The number of carbonyl (C=O) groups excluding carboxylic acids is 1. The molecule has 150 valence electrons. The summed E-state index contributed by atoms with van der Waals surface area (Å²) in [6.07, 6.45) is 2.36. The normalized spacial score (nSPS) is 15.6. The number of aromatic hydroxyl groups is 1. The molecule has 1 saturated heterocycles. The quantitative estimate of drug-likeness (QED) is 0.545. The molecule has 1 aliphatic heterocycles. The fraction of sp³-hybridized carbons (Fsp3) is 0.471. The molecule has 1 fully saturated rings. The number of rotatable bonds is 8. The summed E-state index contributed by atoms with van der Waals surface area (Å²) in [6.45, 7) is 4.89. The molecule has 0 spiro atoms. The van der Waals surface area contributed by atoms with Crippen molar-refractivity contribution < 1.29 is 18.3 Å². The number of likely N-dealkylation sites (tertiary alicyclic amines) is 1. The zero-order chi connectivity index (χ0) is 20.0. The molecule has 27 heavy (non-hydrogen) atoms. The molecule has 0 atom stereocenters. The molecular formula is C17H23Cl2N3O4S. The van der Waals surface area contributed by atoms with Crippen LogP contribution in [-0.4, -0.2) is 50.5 Å². The van der Waals surface area contributed by atoms with Crippen molar-refractivity contribution >= 4 is 44.8 Å². The molecule has 1 aromatic carbocycles. The fourth-order valence-corrected chi connectivity index (χ4v) is 3.74. The summed E-state index contributed by atoms with van der Waals surface area (Å²) in [7, 11) is -3.38. The first-order valence-corrected chi connectivity index (χ1v) is 10.8. The topological polar surface area (TPSA) is 98.7 Å². The molecule has 0 bridgehead atoms. The van der Waals surface area contributed by atoms with E-state index in [1.54, 1.807) is 4.90 Å². The zero-order valence-corrected chi connectivity index (χ0v) is 17.1. The summed E-state index contributed by atoms with van der Waals surface area (Å²) < 4.78 is 25.1. The number of hydrogen-bond donors (Lipinski definition) is 3. The van der Waals surface area contributed by atoms with Gasteiger partial charge < -0.3 is 15.3 Å². The Kier molecular flexibility index (Phi) is 7.79. The summed E-state index contributed by atoms with van der Waals surface area (Å²) in [4.78, 5) is 14.1. The largest absolute Gasteiger partial charge is 0.506 e. The number of benzene rings is 1. The molecule has 1 aromatic rings. The van der Waals surface area contributed by atoms with Gasteiger partial charge in [-0.15, -0.1) is 0 Å². The van der Waals surface area contributed by atoms with Gasteiger partial charge in [0.15, 0.2) is 0 Å². The third-order valence-corrected chi connectivity index (χ3v) is 6.28. The predicted molar refractivity (Wildman–Crippen MR) is 108 cm³/mol. The van der Waals surface area contributed by atoms with Crippen LogP contribution >= 0.6 is 23.2 Å². The number of hydrogen-bond acceptors (Lipinski definition) is 5. The maximum absolute atomic E-state index is 12.3. The average Bonchev–Trinajstić information content (AvgIpc) is 2.64. The molecule has 0 aliphatic carbocycles. The van der Waals surface area contributed by atoms with Gasteiger partial charge in [0.2, 0.25) is 15.9 Å². The van der Waals surface area contributed by atoms with E-state index in [0.29, 0.717) is 31.2 Å². The second-order valence-electron chi connectivity index (χ2n) is 6.36. The number of phenols is 1. The van der Waals surface area contributed by atoms with Crippen LogP contribution in [0.5, 0.6) is 5.75 Å². The summed E-state index contributed by atoms with van der Waals surface area (Å²) in [5, 5.41) is 14.1. The number of carbonyl (C=O) groups is 1. The highest BCUT2D eigenvalue weighted by Crippen LogP contribution is 2.33. The van der Waals surface area contributed by atoms with Gasteiger partial charge in [-0.2, -0.15) is 0 Å². The van der Waals surface area contributed by atoms with Crippen molar-refractivity contribution in [2.24, 2.45) is 5.92 Å². The van der Waals surface area contributed by atoms with Crippen molar-refractivity contribution in [2.75, 3.05) is 31.5 Å². The van der Waals surface area contributed by atoms with Crippen LogP contribution in [0, 0.1) is 5.92 Å². The van der Waals surface area contributed by atoms with E-state index in [9.17, 15) is 18.3 Å². The molecule has 1 aliphatic rings. The van der Waals surface area contributed by atoms with Crippen molar-refractivity contribution in [1.29, 1.82) is 0 Å². The Labute approximate surface area is 169 Å². The molecule has 2 rings (SSSR count). The lowest BCUT2D eigenvalue weighted by Crippen LogP contribution is -2.41. The van der Waals surface area contributed by atoms with E-state index in [0.717, 1.165) is 24.7 Å². The Hall–Kier alpha value is -1.48. The van der Waals surface area contributed by atoms with Crippen molar-refractivity contribution in [3.63, 3.8) is 0 Å². The zero-order valence-electron chi connectivity index (χ0n) is 14.7. The summed E-state index contributed by atoms with van der Waals surface area (Å²) in [5.74, 6) is 0.220. The first kappa shape index (κ1) is 21.8. The van der Waals surface area contributed by atoms with E-state index in [1.165, 1.54) is 12.1 Å². The number of anilines is 1. The van der Waals surface area contributed by atoms with Crippen LogP contribution < -0.4 is 10.0 Å². The molecule has 0 saturated carbocycles. The van der Waals surface area contributed by atoms with Gasteiger partial charge in [-0.25, -0.2) is 13.1 Å². The third kappa shape index (κ3) is 6.57. The van der Waals surface area contributed by atoms with Crippen LogP contribution in [0.25, 0.3) is 0 Å². The number of nitrogens with zero attached hydrogens (tertiary/aromatic N) is 1. The minimum Gasteiger partial charge on any atom is -0.506 e. The van der Waals surface area contributed by atoms with Gasteiger partial charge in [-0.1, -0.05) is 29.8 Å². The first-order chi connectivity index (χ1) is 12.7. The second-order valence-corrected chi connectivity index (χ2v) is 8.88. The SMILES string of the molecule is C=CS(=O)(=O)NCCC1CCN(C(=O)CNc2cc(Cl)c(Cl)cc2O)CC1. The predicted octanol–water partition coefficient (Wildman–Crippen LogP) is 2.80. The number of halogens is 2. The number of sulfonamides is 1. The van der Waals surface area contributed by atoms with Gasteiger partial charge in [0.25, 0.3) is 0 Å². The van der Waals surface area contributed by atoms with Gasteiger partial charge in [0.1, 0.15) is 5.75 Å². The van der Waals surface area contributed by atoms with E-state index in [2.05, 4.69) is 16.6 Å². The van der Waals surface area contributed by atoms with Gasteiger partial charge in [0, 0.05) is 31.1 Å².